The molecule has 5 rings (SSSR count). The molecule has 0 aliphatic carbocycles. The Bertz CT molecular complexity index is 1520. The van der Waals surface area contributed by atoms with Gasteiger partial charge in [0.05, 0.1) is 25.3 Å². The summed E-state index contributed by atoms with van der Waals surface area (Å²) >= 11 is 0. The summed E-state index contributed by atoms with van der Waals surface area (Å²) < 4.78 is 11.1. The SMILES string of the molecule is COc1ccc(C2/C(=C(/O)c3ccc4ccccc4c3)C(=O)C(=O)N2c2ccc(OCC(C)C)cc2)cc1. The third-order valence-corrected chi connectivity index (χ3v) is 6.60. The molecule has 1 aliphatic heterocycles. The third-order valence-electron chi connectivity index (χ3n) is 6.60. The van der Waals surface area contributed by atoms with Crippen molar-refractivity contribution in [3.63, 3.8) is 0 Å². The molecule has 0 aromatic heterocycles. The number of carbonyl (C=O) groups is 2. The van der Waals surface area contributed by atoms with Gasteiger partial charge in [-0.1, -0.05) is 62.4 Å². The number of fused-ring (bicyclic) bond motifs is 1. The average molecular weight is 508 g/mol. The number of benzene rings is 4. The van der Waals surface area contributed by atoms with E-state index in [4.69, 9.17) is 9.47 Å². The van der Waals surface area contributed by atoms with Crippen molar-refractivity contribution in [2.45, 2.75) is 19.9 Å². The Balaban J connectivity index is 1.62. The summed E-state index contributed by atoms with van der Waals surface area (Å²) in [7, 11) is 1.57. The zero-order valence-corrected chi connectivity index (χ0v) is 21.5. The van der Waals surface area contributed by atoms with E-state index in [9.17, 15) is 14.7 Å². The second kappa shape index (κ2) is 10.4. The van der Waals surface area contributed by atoms with Crippen molar-refractivity contribution in [2.24, 2.45) is 5.92 Å². The molecule has 0 spiro atoms. The molecule has 192 valence electrons. The molecule has 6 nitrogen and oxygen atoms in total. The van der Waals surface area contributed by atoms with E-state index in [-0.39, 0.29) is 11.3 Å². The maximum Gasteiger partial charge on any atom is 0.300 e. The summed E-state index contributed by atoms with van der Waals surface area (Å²) in [4.78, 5) is 28.3. The second-order valence-electron chi connectivity index (χ2n) is 9.70. The summed E-state index contributed by atoms with van der Waals surface area (Å²) in [5.74, 6) is 0.0377. The Hall–Kier alpha value is -4.58. The normalized spacial score (nSPS) is 16.8. The molecule has 1 aliphatic rings. The summed E-state index contributed by atoms with van der Waals surface area (Å²) in [6.07, 6.45) is 0. The van der Waals surface area contributed by atoms with Crippen molar-refractivity contribution in [2.75, 3.05) is 18.6 Å². The number of nitrogens with zero attached hydrogens (tertiary/aromatic N) is 1. The Labute approximate surface area is 221 Å². The van der Waals surface area contributed by atoms with Gasteiger partial charge in [0, 0.05) is 11.3 Å². The van der Waals surface area contributed by atoms with E-state index in [2.05, 4.69) is 13.8 Å². The average Bonchev–Trinajstić information content (AvgIpc) is 3.21. The number of aliphatic hydroxyl groups excluding tert-OH is 1. The lowest BCUT2D eigenvalue weighted by Crippen LogP contribution is -2.29. The lowest BCUT2D eigenvalue weighted by atomic mass is 9.94. The number of ketones is 1. The van der Waals surface area contributed by atoms with E-state index in [1.165, 1.54) is 4.90 Å². The molecular weight excluding hydrogens is 478 g/mol. The number of rotatable bonds is 7. The first kappa shape index (κ1) is 25.1. The molecule has 4 aromatic rings. The van der Waals surface area contributed by atoms with Crippen LogP contribution in [0.4, 0.5) is 5.69 Å². The predicted octanol–water partition coefficient (Wildman–Crippen LogP) is 6.51. The van der Waals surface area contributed by atoms with Crippen LogP contribution in [0.5, 0.6) is 11.5 Å². The number of aliphatic hydroxyl groups is 1. The van der Waals surface area contributed by atoms with Gasteiger partial charge in [0.2, 0.25) is 0 Å². The molecule has 1 fully saturated rings. The van der Waals surface area contributed by atoms with Gasteiger partial charge in [0.15, 0.2) is 0 Å². The van der Waals surface area contributed by atoms with Crippen LogP contribution in [-0.2, 0) is 9.59 Å². The Morgan fingerprint density at radius 2 is 1.53 bits per heavy atom. The number of anilines is 1. The zero-order chi connectivity index (χ0) is 26.8. The number of hydrogen-bond donors (Lipinski definition) is 1. The molecule has 1 atom stereocenters. The van der Waals surface area contributed by atoms with Crippen LogP contribution in [0.3, 0.4) is 0 Å². The van der Waals surface area contributed by atoms with Crippen molar-refractivity contribution in [3.8, 4) is 11.5 Å². The summed E-state index contributed by atoms with van der Waals surface area (Å²) in [6.45, 7) is 4.71. The van der Waals surface area contributed by atoms with Gasteiger partial charge in [0.25, 0.3) is 11.7 Å². The van der Waals surface area contributed by atoms with Crippen LogP contribution in [0.1, 0.15) is 31.0 Å². The highest BCUT2D eigenvalue weighted by molar-refractivity contribution is 6.51. The quantitative estimate of drug-likeness (QED) is 0.175. The lowest BCUT2D eigenvalue weighted by molar-refractivity contribution is -0.132. The number of amides is 1. The molecule has 0 bridgehead atoms. The maximum absolute atomic E-state index is 13.5. The van der Waals surface area contributed by atoms with Crippen LogP contribution >= 0.6 is 0 Å². The number of carbonyl (C=O) groups excluding carboxylic acids is 2. The fourth-order valence-electron chi connectivity index (χ4n) is 4.66. The predicted molar refractivity (Wildman–Crippen MR) is 148 cm³/mol. The van der Waals surface area contributed by atoms with Crippen molar-refractivity contribution in [3.05, 3.63) is 108 Å². The monoisotopic (exact) mass is 507 g/mol. The molecular formula is C32H29NO5. The van der Waals surface area contributed by atoms with Crippen molar-refractivity contribution in [1.82, 2.24) is 0 Å². The summed E-state index contributed by atoms with van der Waals surface area (Å²) in [5.41, 5.74) is 1.71. The van der Waals surface area contributed by atoms with E-state index in [1.807, 2.05) is 36.4 Å². The highest BCUT2D eigenvalue weighted by Gasteiger charge is 2.47. The van der Waals surface area contributed by atoms with Crippen molar-refractivity contribution in [1.29, 1.82) is 0 Å². The largest absolute Gasteiger partial charge is 0.507 e. The number of ether oxygens (including phenoxy) is 2. The first-order valence-corrected chi connectivity index (χ1v) is 12.5. The van der Waals surface area contributed by atoms with E-state index in [0.717, 1.165) is 10.8 Å². The Morgan fingerprint density at radius 3 is 2.18 bits per heavy atom. The molecule has 6 heteroatoms. The van der Waals surface area contributed by atoms with E-state index >= 15 is 0 Å². The van der Waals surface area contributed by atoms with E-state index in [0.29, 0.717) is 40.8 Å². The van der Waals surface area contributed by atoms with Gasteiger partial charge in [-0.3, -0.25) is 14.5 Å². The van der Waals surface area contributed by atoms with Gasteiger partial charge < -0.3 is 14.6 Å². The third kappa shape index (κ3) is 4.73. The van der Waals surface area contributed by atoms with Gasteiger partial charge in [-0.05, 0) is 64.7 Å². The first-order valence-electron chi connectivity index (χ1n) is 12.5. The highest BCUT2D eigenvalue weighted by atomic mass is 16.5. The van der Waals surface area contributed by atoms with E-state index < -0.39 is 17.7 Å². The van der Waals surface area contributed by atoms with Crippen LogP contribution in [-0.4, -0.2) is 30.5 Å². The Morgan fingerprint density at radius 1 is 0.868 bits per heavy atom. The van der Waals surface area contributed by atoms with Crippen LogP contribution in [0.15, 0.2) is 96.6 Å². The molecule has 1 heterocycles. The molecule has 1 saturated heterocycles. The molecule has 1 N–H and O–H groups in total. The highest BCUT2D eigenvalue weighted by Crippen LogP contribution is 2.43. The second-order valence-corrected chi connectivity index (χ2v) is 9.70. The minimum atomic E-state index is -0.824. The maximum atomic E-state index is 13.5. The Kier molecular flexibility index (Phi) is 6.88. The molecule has 0 saturated carbocycles. The van der Waals surface area contributed by atoms with Crippen LogP contribution in [0.25, 0.3) is 16.5 Å². The van der Waals surface area contributed by atoms with Crippen LogP contribution < -0.4 is 14.4 Å². The minimum absolute atomic E-state index is 0.0376. The van der Waals surface area contributed by atoms with Crippen LogP contribution in [0, 0.1) is 5.92 Å². The van der Waals surface area contributed by atoms with Gasteiger partial charge >= 0.3 is 0 Å². The van der Waals surface area contributed by atoms with Gasteiger partial charge in [-0.2, -0.15) is 0 Å². The molecule has 1 unspecified atom stereocenters. The minimum Gasteiger partial charge on any atom is -0.507 e. The van der Waals surface area contributed by atoms with Gasteiger partial charge in [-0.15, -0.1) is 0 Å². The zero-order valence-electron chi connectivity index (χ0n) is 21.5. The number of methoxy groups -OCH3 is 1. The lowest BCUT2D eigenvalue weighted by Gasteiger charge is -2.26. The van der Waals surface area contributed by atoms with Gasteiger partial charge in [0.1, 0.15) is 17.3 Å². The fraction of sp³-hybridized carbons (Fsp3) is 0.188. The van der Waals surface area contributed by atoms with Crippen molar-refractivity contribution >= 4 is 33.9 Å². The molecule has 38 heavy (non-hydrogen) atoms. The van der Waals surface area contributed by atoms with Crippen molar-refractivity contribution < 1.29 is 24.2 Å². The molecule has 4 aromatic carbocycles. The summed E-state index contributed by atoms with van der Waals surface area (Å²) in [6, 6.07) is 26.6. The summed E-state index contributed by atoms with van der Waals surface area (Å²) in [5, 5.41) is 13.4. The fourth-order valence-corrected chi connectivity index (χ4v) is 4.66. The van der Waals surface area contributed by atoms with E-state index in [1.54, 1.807) is 61.7 Å². The van der Waals surface area contributed by atoms with Gasteiger partial charge in [-0.25, -0.2) is 0 Å². The standard InChI is InChI=1S/C32H29NO5/c1-20(2)19-38-27-16-12-25(13-17-27)33-29(22-10-14-26(37-3)15-11-22)28(31(35)32(33)36)30(34)24-9-8-21-6-4-5-7-23(21)18-24/h4-18,20,29,34H,19H2,1-3H3/b30-28-. The molecule has 0 radical (unpaired) electrons. The topological polar surface area (TPSA) is 76.1 Å². The molecule has 1 amide bonds. The first-order chi connectivity index (χ1) is 18.4. The number of hydrogen-bond acceptors (Lipinski definition) is 5. The smallest absolute Gasteiger partial charge is 0.300 e. The number of Topliss-reactive ketones (excluding diaryl/α,β-unsaturated/α-hetero) is 1. The van der Waals surface area contributed by atoms with Crippen LogP contribution in [0.2, 0.25) is 0 Å².